The van der Waals surface area contributed by atoms with Crippen LogP contribution in [-0.4, -0.2) is 17.6 Å². The zero-order valence-corrected chi connectivity index (χ0v) is 5.43. The minimum Gasteiger partial charge on any atom is -0.481 e. The fourth-order valence-corrected chi connectivity index (χ4v) is 0.590. The quantitative estimate of drug-likeness (QED) is 0.538. The zero-order chi connectivity index (χ0) is 7.82. The van der Waals surface area contributed by atoms with Crippen molar-refractivity contribution in [1.82, 2.24) is 0 Å². The van der Waals surface area contributed by atoms with Crippen LogP contribution < -0.4 is 5.73 Å². The third-order valence-corrected chi connectivity index (χ3v) is 1.09. The van der Waals surface area contributed by atoms with Crippen molar-refractivity contribution in [1.29, 1.82) is 1.43 Å². The number of hydrogen-bond donors (Lipinski definition) is 2. The molecule has 0 radical (unpaired) electrons. The van der Waals surface area contributed by atoms with Crippen molar-refractivity contribution in [2.45, 2.75) is 25.7 Å². The highest BCUT2D eigenvalue weighted by atomic mass is 16.4. The molecule has 0 rings (SSSR count). The Labute approximate surface area is 56.4 Å². The second-order valence-corrected chi connectivity index (χ2v) is 1.97. The molecule has 54 valence electrons. The van der Waals surface area contributed by atoms with Gasteiger partial charge in [0.2, 0.25) is 0 Å². The summed E-state index contributed by atoms with van der Waals surface area (Å²) in [5, 5.41) is 3.71. The molecule has 0 heterocycles. The lowest BCUT2D eigenvalue weighted by Crippen LogP contribution is -1.99. The van der Waals surface area contributed by atoms with Crippen LogP contribution in [0.25, 0.3) is 1.43 Å². The van der Waals surface area contributed by atoms with Gasteiger partial charge in [-0.3, -0.25) is 4.79 Å². The van der Waals surface area contributed by atoms with Crippen LogP contribution in [0.15, 0.2) is 0 Å². The van der Waals surface area contributed by atoms with E-state index < -0.39 is 5.97 Å². The maximum Gasteiger partial charge on any atom is 0.303 e. The zero-order valence-electron chi connectivity index (χ0n) is 6.43. The summed E-state index contributed by atoms with van der Waals surface area (Å²) in [5.41, 5.74) is 5.22. The molecule has 0 aliphatic carbocycles. The van der Waals surface area contributed by atoms with E-state index in [2.05, 4.69) is 5.11 Å². The molecule has 0 saturated heterocycles. The molecular weight excluding hydrogens is 118 g/mol. The lowest BCUT2D eigenvalue weighted by molar-refractivity contribution is -0.137. The fourth-order valence-electron chi connectivity index (χ4n) is 0.590. The van der Waals surface area contributed by atoms with Gasteiger partial charge >= 0.3 is 5.97 Å². The Morgan fingerprint density at radius 1 is 1.56 bits per heavy atom. The Hall–Kier alpha value is -0.570. The molecule has 0 bridgehead atoms. The largest absolute Gasteiger partial charge is 0.481 e. The highest BCUT2D eigenvalue weighted by Gasteiger charge is 1.94. The van der Waals surface area contributed by atoms with Crippen LogP contribution in [0.2, 0.25) is 0 Å². The van der Waals surface area contributed by atoms with Crippen LogP contribution in [0.1, 0.15) is 25.7 Å². The van der Waals surface area contributed by atoms with Crippen LogP contribution in [-0.2, 0) is 4.79 Å². The molecule has 0 fully saturated rings. The minimum absolute atomic E-state index is 0.337. The SMILES string of the molecule is [2H]OC(=O)CCCCCN. The summed E-state index contributed by atoms with van der Waals surface area (Å²) in [4.78, 5) is 10.3. The van der Waals surface area contributed by atoms with E-state index >= 15 is 0 Å². The lowest BCUT2D eigenvalue weighted by Gasteiger charge is -1.93. The van der Waals surface area contributed by atoms with Crippen molar-refractivity contribution >= 4 is 5.97 Å². The molecule has 0 saturated carbocycles. The summed E-state index contributed by atoms with van der Waals surface area (Å²) in [6.45, 7) is 0.663. The van der Waals surface area contributed by atoms with Gasteiger partial charge in [0.15, 0.2) is 0 Å². The summed E-state index contributed by atoms with van der Waals surface area (Å²) < 4.78 is 6.21. The van der Waals surface area contributed by atoms with Crippen LogP contribution in [0, 0.1) is 0 Å². The second kappa shape index (κ2) is 5.56. The van der Waals surface area contributed by atoms with E-state index in [4.69, 9.17) is 7.16 Å². The third-order valence-electron chi connectivity index (χ3n) is 1.09. The second-order valence-electron chi connectivity index (χ2n) is 1.97. The Bertz CT molecular complexity index is 97.7. The highest BCUT2D eigenvalue weighted by molar-refractivity contribution is 5.66. The molecule has 0 aromatic carbocycles. The van der Waals surface area contributed by atoms with Gasteiger partial charge in [0.1, 0.15) is 0 Å². The summed E-state index contributed by atoms with van der Waals surface area (Å²) in [6, 6.07) is 0. The number of nitrogens with two attached hydrogens (primary N) is 1. The minimum atomic E-state index is -0.461. The molecule has 0 aromatic heterocycles. The normalized spacial score (nSPS) is 10.6. The van der Waals surface area contributed by atoms with E-state index in [1.807, 2.05) is 0 Å². The van der Waals surface area contributed by atoms with Gasteiger partial charge in [0.25, 0.3) is 1.43 Å². The van der Waals surface area contributed by atoms with Gasteiger partial charge in [-0.25, -0.2) is 0 Å². The van der Waals surface area contributed by atoms with E-state index in [0.717, 1.165) is 19.3 Å². The number of unbranched alkanes of at least 4 members (excludes halogenated alkanes) is 2. The summed E-state index contributed by atoms with van der Waals surface area (Å²) in [6.07, 6.45) is 2.98. The lowest BCUT2D eigenvalue weighted by atomic mass is 10.2. The fraction of sp³-hybridized carbons (Fsp3) is 0.833. The molecule has 0 spiro atoms. The summed E-state index contributed by atoms with van der Waals surface area (Å²) in [5.74, 6) is -0.461. The molecule has 0 aliphatic heterocycles. The molecule has 9 heavy (non-hydrogen) atoms. The first-order valence-electron chi connectivity index (χ1n) is 3.58. The predicted octanol–water partition coefficient (Wildman–Crippen LogP) is 0.590. The van der Waals surface area contributed by atoms with Crippen LogP contribution >= 0.6 is 0 Å². The first kappa shape index (κ1) is 6.55. The van der Waals surface area contributed by atoms with E-state index in [1.165, 1.54) is 0 Å². The van der Waals surface area contributed by atoms with Gasteiger partial charge in [-0.05, 0) is 19.4 Å². The van der Waals surface area contributed by atoms with Gasteiger partial charge in [0.05, 0.1) is 0 Å². The molecule has 3 N–H and O–H groups in total. The first-order valence-corrected chi connectivity index (χ1v) is 3.17. The average molecular weight is 132 g/mol. The maximum absolute atomic E-state index is 10.3. The van der Waals surface area contributed by atoms with Gasteiger partial charge in [0, 0.05) is 6.42 Å². The molecule has 0 unspecified atom stereocenters. The van der Waals surface area contributed by atoms with Crippen LogP contribution in [0.4, 0.5) is 0 Å². The Kier molecular flexibility index (Phi) is 4.05. The maximum atomic E-state index is 10.3. The predicted molar refractivity (Wildman–Crippen MR) is 35.2 cm³/mol. The number of hydrogen-bond acceptors (Lipinski definition) is 3. The van der Waals surface area contributed by atoms with E-state index in [-0.39, 0.29) is 0 Å². The van der Waals surface area contributed by atoms with Gasteiger partial charge < -0.3 is 10.8 Å². The highest BCUT2D eigenvalue weighted by Crippen LogP contribution is 1.97. The number of carboxylic acid groups (broad SMARTS) is 1. The summed E-state index contributed by atoms with van der Waals surface area (Å²) in [7, 11) is 0. The van der Waals surface area contributed by atoms with Gasteiger partial charge in [-0.1, -0.05) is 6.42 Å². The Balaban J connectivity index is 2.96. The van der Waals surface area contributed by atoms with Crippen molar-refractivity contribution in [3.63, 3.8) is 0 Å². The Morgan fingerprint density at radius 3 is 2.89 bits per heavy atom. The third kappa shape index (κ3) is 7.43. The van der Waals surface area contributed by atoms with Gasteiger partial charge in [-0.15, -0.1) is 0 Å². The first-order chi connectivity index (χ1) is 4.81. The summed E-state index contributed by atoms with van der Waals surface area (Å²) >= 11 is 0. The molecule has 3 heteroatoms. The molecule has 0 atom stereocenters. The molecule has 0 aromatic rings. The number of rotatable bonds is 5. The molecule has 0 amide bonds. The van der Waals surface area contributed by atoms with Crippen molar-refractivity contribution in [3.8, 4) is 0 Å². The topological polar surface area (TPSA) is 63.3 Å². The van der Waals surface area contributed by atoms with E-state index in [1.54, 1.807) is 0 Å². The number of aliphatic carboxylic acids is 1. The van der Waals surface area contributed by atoms with Crippen LogP contribution in [0.3, 0.4) is 0 Å². The Morgan fingerprint density at radius 2 is 2.33 bits per heavy atom. The van der Waals surface area contributed by atoms with Crippen molar-refractivity contribution in [3.05, 3.63) is 0 Å². The average Bonchev–Trinajstić information content (AvgIpc) is 1.98. The monoisotopic (exact) mass is 132 g/mol. The van der Waals surface area contributed by atoms with Crippen molar-refractivity contribution in [2.75, 3.05) is 6.54 Å². The van der Waals surface area contributed by atoms with Crippen molar-refractivity contribution < 1.29 is 9.90 Å². The number of carbonyl (C=O) groups is 1. The molecule has 0 aliphatic rings. The van der Waals surface area contributed by atoms with Crippen LogP contribution in [0.5, 0.6) is 0 Å². The molecular formula is C6H13NO2. The molecule has 3 nitrogen and oxygen atoms in total. The van der Waals surface area contributed by atoms with E-state index in [0.29, 0.717) is 13.0 Å². The van der Waals surface area contributed by atoms with E-state index in [9.17, 15) is 4.79 Å². The van der Waals surface area contributed by atoms with Gasteiger partial charge in [-0.2, -0.15) is 0 Å². The smallest absolute Gasteiger partial charge is 0.303 e. The standard InChI is InChI=1S/C6H13NO2/c7-5-3-1-2-4-6(8)9/h1-5,7H2,(H,8,9)/i/hD. The van der Waals surface area contributed by atoms with Crippen molar-refractivity contribution in [2.24, 2.45) is 5.73 Å². The number of carboxylic acids is 1.